The molecule has 1 saturated carbocycles. The molecule has 3 rings (SSSR count). The molecule has 1 aromatic rings. The zero-order valence-electron chi connectivity index (χ0n) is 14.3. The fraction of sp³-hybridized carbons (Fsp3) is 0.556. The van der Waals surface area contributed by atoms with Gasteiger partial charge in [0.2, 0.25) is 5.91 Å². The quantitative estimate of drug-likeness (QED) is 0.868. The first-order chi connectivity index (χ1) is 11.1. The van der Waals surface area contributed by atoms with Gasteiger partial charge in [-0.15, -0.1) is 12.4 Å². The standard InChI is InChI=1S/C18H25N3OS.ClH/c1-13-16(12-17(22)19-14-8-4-3-5-9-14)21(2)18(23-13)20-15-10-6-7-11-15;/h3-5,8-9,13,15-16H,6-7,10-12H2,1-2H3,(H,19,22);1H. The molecular weight excluding hydrogens is 342 g/mol. The first-order valence-corrected chi connectivity index (χ1v) is 9.33. The molecule has 1 heterocycles. The highest BCUT2D eigenvalue weighted by Crippen LogP contribution is 2.34. The molecule has 0 radical (unpaired) electrons. The van der Waals surface area contributed by atoms with Gasteiger partial charge in [0.05, 0.1) is 12.1 Å². The minimum Gasteiger partial charge on any atom is -0.350 e. The van der Waals surface area contributed by atoms with Crippen LogP contribution < -0.4 is 5.32 Å². The number of amides is 1. The van der Waals surface area contributed by atoms with E-state index in [2.05, 4.69) is 24.2 Å². The number of aliphatic imine (C=N–C) groups is 1. The van der Waals surface area contributed by atoms with Crippen LogP contribution in [0.3, 0.4) is 0 Å². The van der Waals surface area contributed by atoms with Crippen LogP contribution in [0.2, 0.25) is 0 Å². The van der Waals surface area contributed by atoms with Gasteiger partial charge in [-0.3, -0.25) is 9.79 Å². The number of halogens is 1. The molecule has 2 atom stereocenters. The van der Waals surface area contributed by atoms with Crippen LogP contribution in [0.4, 0.5) is 5.69 Å². The number of benzene rings is 1. The second-order valence-corrected chi connectivity index (χ2v) is 7.81. The van der Waals surface area contributed by atoms with E-state index in [1.54, 1.807) is 0 Å². The number of rotatable bonds is 4. The summed E-state index contributed by atoms with van der Waals surface area (Å²) in [5.41, 5.74) is 0.860. The summed E-state index contributed by atoms with van der Waals surface area (Å²) >= 11 is 1.81. The lowest BCUT2D eigenvalue weighted by Crippen LogP contribution is -2.36. The third kappa shape index (κ3) is 4.67. The van der Waals surface area contributed by atoms with Crippen molar-refractivity contribution in [2.75, 3.05) is 12.4 Å². The molecule has 1 aliphatic carbocycles. The topological polar surface area (TPSA) is 44.7 Å². The number of carbonyl (C=O) groups is 1. The fourth-order valence-corrected chi connectivity index (χ4v) is 4.60. The Balaban J connectivity index is 0.00000208. The Bertz CT molecular complexity index is 575. The van der Waals surface area contributed by atoms with E-state index in [1.807, 2.05) is 42.1 Å². The Hall–Kier alpha value is -1.20. The van der Waals surface area contributed by atoms with Crippen molar-refractivity contribution >= 4 is 40.9 Å². The number of amidine groups is 1. The lowest BCUT2D eigenvalue weighted by molar-refractivity contribution is -0.117. The minimum atomic E-state index is 0. The molecule has 1 aromatic carbocycles. The average molecular weight is 368 g/mol. The lowest BCUT2D eigenvalue weighted by atomic mass is 10.1. The van der Waals surface area contributed by atoms with Gasteiger partial charge in [-0.25, -0.2) is 0 Å². The molecule has 1 saturated heterocycles. The summed E-state index contributed by atoms with van der Waals surface area (Å²) in [7, 11) is 2.07. The van der Waals surface area contributed by atoms with Gasteiger partial charge in [0, 0.05) is 24.4 Å². The Morgan fingerprint density at radius 2 is 1.96 bits per heavy atom. The second kappa shape index (κ2) is 8.77. The van der Waals surface area contributed by atoms with Crippen LogP contribution in [0.25, 0.3) is 0 Å². The normalized spacial score (nSPS) is 25.8. The average Bonchev–Trinajstić information content (AvgIpc) is 3.13. The first-order valence-electron chi connectivity index (χ1n) is 8.45. The van der Waals surface area contributed by atoms with Crippen LogP contribution in [0.5, 0.6) is 0 Å². The first kappa shape index (κ1) is 19.1. The maximum atomic E-state index is 12.3. The van der Waals surface area contributed by atoms with Crippen LogP contribution in [0.1, 0.15) is 39.0 Å². The molecule has 2 unspecified atom stereocenters. The highest BCUT2D eigenvalue weighted by Gasteiger charge is 2.36. The fourth-order valence-electron chi connectivity index (χ4n) is 3.32. The van der Waals surface area contributed by atoms with Crippen molar-refractivity contribution < 1.29 is 4.79 Å². The molecule has 1 aliphatic heterocycles. The molecule has 0 aromatic heterocycles. The number of nitrogens with one attached hydrogen (secondary N) is 1. The Morgan fingerprint density at radius 1 is 1.29 bits per heavy atom. The molecule has 0 spiro atoms. The lowest BCUT2D eigenvalue weighted by Gasteiger charge is -2.23. The number of para-hydroxylation sites is 1. The summed E-state index contributed by atoms with van der Waals surface area (Å²) in [6.07, 6.45) is 5.53. The van der Waals surface area contributed by atoms with Crippen molar-refractivity contribution in [1.82, 2.24) is 4.90 Å². The monoisotopic (exact) mass is 367 g/mol. The molecule has 1 N–H and O–H groups in total. The van der Waals surface area contributed by atoms with Crippen LogP contribution in [0.15, 0.2) is 35.3 Å². The van der Waals surface area contributed by atoms with Gasteiger partial charge in [-0.2, -0.15) is 0 Å². The second-order valence-electron chi connectivity index (χ2n) is 6.47. The maximum absolute atomic E-state index is 12.3. The van der Waals surface area contributed by atoms with Gasteiger partial charge in [-0.1, -0.05) is 49.7 Å². The summed E-state index contributed by atoms with van der Waals surface area (Å²) in [5, 5.41) is 4.49. The van der Waals surface area contributed by atoms with E-state index in [4.69, 9.17) is 4.99 Å². The molecule has 0 bridgehead atoms. The molecule has 4 nitrogen and oxygen atoms in total. The molecular formula is C18H26ClN3OS. The van der Waals surface area contributed by atoms with Crippen LogP contribution in [-0.2, 0) is 4.79 Å². The predicted molar refractivity (Wildman–Crippen MR) is 105 cm³/mol. The van der Waals surface area contributed by atoms with E-state index in [-0.39, 0.29) is 24.4 Å². The van der Waals surface area contributed by atoms with E-state index < -0.39 is 0 Å². The highest BCUT2D eigenvalue weighted by molar-refractivity contribution is 8.14. The van der Waals surface area contributed by atoms with E-state index in [1.165, 1.54) is 25.7 Å². The van der Waals surface area contributed by atoms with Crippen LogP contribution in [-0.4, -0.2) is 40.4 Å². The third-order valence-electron chi connectivity index (χ3n) is 4.70. The molecule has 2 aliphatic rings. The van der Waals surface area contributed by atoms with Gasteiger partial charge >= 0.3 is 0 Å². The Labute approximate surface area is 154 Å². The number of carbonyl (C=O) groups excluding carboxylic acids is 1. The van der Waals surface area contributed by atoms with Crippen LogP contribution >= 0.6 is 24.2 Å². The Kier molecular flexibility index (Phi) is 6.99. The molecule has 2 fully saturated rings. The zero-order chi connectivity index (χ0) is 16.2. The molecule has 132 valence electrons. The van der Waals surface area contributed by atoms with Gasteiger partial charge in [-0.05, 0) is 25.0 Å². The van der Waals surface area contributed by atoms with Crippen LogP contribution in [0, 0.1) is 0 Å². The number of nitrogens with zero attached hydrogens (tertiary/aromatic N) is 2. The van der Waals surface area contributed by atoms with Crippen molar-refractivity contribution in [3.8, 4) is 0 Å². The SMILES string of the molecule is CC1SC(=NC2CCCC2)N(C)C1CC(=O)Nc1ccccc1.Cl. The number of hydrogen-bond donors (Lipinski definition) is 1. The van der Waals surface area contributed by atoms with Crippen molar-refractivity contribution in [1.29, 1.82) is 0 Å². The Morgan fingerprint density at radius 3 is 2.62 bits per heavy atom. The third-order valence-corrected chi connectivity index (χ3v) is 5.99. The summed E-state index contributed by atoms with van der Waals surface area (Å²) in [5.74, 6) is 0.0719. The van der Waals surface area contributed by atoms with Crippen molar-refractivity contribution in [2.45, 2.75) is 56.4 Å². The van der Waals surface area contributed by atoms with E-state index in [9.17, 15) is 4.79 Å². The zero-order valence-corrected chi connectivity index (χ0v) is 15.9. The highest BCUT2D eigenvalue weighted by atomic mass is 35.5. The minimum absolute atomic E-state index is 0. The van der Waals surface area contributed by atoms with E-state index >= 15 is 0 Å². The summed E-state index contributed by atoms with van der Waals surface area (Å²) in [6, 6.07) is 10.4. The largest absolute Gasteiger partial charge is 0.350 e. The van der Waals surface area contributed by atoms with Gasteiger partial charge in [0.15, 0.2) is 5.17 Å². The van der Waals surface area contributed by atoms with E-state index in [0.717, 1.165) is 10.9 Å². The van der Waals surface area contributed by atoms with Gasteiger partial charge in [0.1, 0.15) is 0 Å². The summed E-state index contributed by atoms with van der Waals surface area (Å²) < 4.78 is 0. The number of thioether (sulfide) groups is 1. The smallest absolute Gasteiger partial charge is 0.226 e. The number of hydrogen-bond acceptors (Lipinski definition) is 3. The van der Waals surface area contributed by atoms with E-state index in [0.29, 0.717) is 17.7 Å². The predicted octanol–water partition coefficient (Wildman–Crippen LogP) is 4.17. The van der Waals surface area contributed by atoms with Crippen molar-refractivity contribution in [3.05, 3.63) is 30.3 Å². The summed E-state index contributed by atoms with van der Waals surface area (Å²) in [4.78, 5) is 19.5. The maximum Gasteiger partial charge on any atom is 0.226 e. The van der Waals surface area contributed by atoms with Gasteiger partial charge in [0.25, 0.3) is 0 Å². The molecule has 1 amide bonds. The van der Waals surface area contributed by atoms with Crippen molar-refractivity contribution in [3.63, 3.8) is 0 Å². The summed E-state index contributed by atoms with van der Waals surface area (Å²) in [6.45, 7) is 2.19. The number of anilines is 1. The van der Waals surface area contributed by atoms with Gasteiger partial charge < -0.3 is 10.2 Å². The van der Waals surface area contributed by atoms with Crippen molar-refractivity contribution in [2.24, 2.45) is 4.99 Å². The molecule has 6 heteroatoms. The molecule has 24 heavy (non-hydrogen) atoms.